The van der Waals surface area contributed by atoms with Crippen molar-refractivity contribution in [2.45, 2.75) is 43.5 Å². The van der Waals surface area contributed by atoms with E-state index in [9.17, 15) is 15.3 Å². The molecule has 0 bridgehead atoms. The number of imidazole rings is 1. The van der Waals surface area contributed by atoms with Crippen LogP contribution in [-0.4, -0.2) is 65.9 Å². The Bertz CT molecular complexity index is 1030. The Morgan fingerprint density at radius 1 is 1.14 bits per heavy atom. The number of benzene rings is 1. The highest BCUT2D eigenvalue weighted by Gasteiger charge is 2.44. The summed E-state index contributed by atoms with van der Waals surface area (Å²) in [6.45, 7) is -0.422. The van der Waals surface area contributed by atoms with Crippen LogP contribution >= 0.6 is 0 Å². The predicted molar refractivity (Wildman–Crippen MR) is 101 cm³/mol. The molecule has 1 aliphatic heterocycles. The Morgan fingerprint density at radius 3 is 2.52 bits per heavy atom. The van der Waals surface area contributed by atoms with Crippen molar-refractivity contribution in [1.29, 1.82) is 0 Å². The zero-order valence-corrected chi connectivity index (χ0v) is 15.4. The third-order valence-corrected chi connectivity index (χ3v) is 5.50. The van der Waals surface area contributed by atoms with Gasteiger partial charge in [-0.05, 0) is 11.1 Å². The van der Waals surface area contributed by atoms with E-state index in [1.807, 2.05) is 12.1 Å². The number of aromatic nitrogens is 4. The van der Waals surface area contributed by atoms with Crippen LogP contribution in [0, 0.1) is 0 Å². The Morgan fingerprint density at radius 2 is 1.86 bits per heavy atom. The minimum absolute atomic E-state index is 0.102. The van der Waals surface area contributed by atoms with Gasteiger partial charge < -0.3 is 30.5 Å². The molecule has 29 heavy (non-hydrogen) atoms. The number of hydrogen-bond acceptors (Lipinski definition) is 9. The number of hydrogen-bond donors (Lipinski definition) is 4. The molecule has 1 aliphatic carbocycles. The summed E-state index contributed by atoms with van der Waals surface area (Å²) in [7, 11) is 0. The van der Waals surface area contributed by atoms with Gasteiger partial charge in [0.1, 0.15) is 24.4 Å². The average Bonchev–Trinajstić information content (AvgIpc) is 3.38. The highest BCUT2D eigenvalue weighted by molar-refractivity contribution is 5.82. The van der Waals surface area contributed by atoms with Crippen LogP contribution in [0.15, 0.2) is 30.6 Å². The summed E-state index contributed by atoms with van der Waals surface area (Å²) >= 11 is 0. The molecule has 0 amide bonds. The Kier molecular flexibility index (Phi) is 4.36. The molecule has 2 aromatic heterocycles. The lowest BCUT2D eigenvalue weighted by atomic mass is 10.1. The van der Waals surface area contributed by atoms with Crippen molar-refractivity contribution in [2.75, 3.05) is 12.3 Å². The van der Waals surface area contributed by atoms with Gasteiger partial charge in [0.2, 0.25) is 0 Å². The van der Waals surface area contributed by atoms with Crippen molar-refractivity contribution in [1.82, 2.24) is 19.5 Å². The molecule has 5 rings (SSSR count). The van der Waals surface area contributed by atoms with E-state index in [1.54, 1.807) is 0 Å². The van der Waals surface area contributed by atoms with Crippen LogP contribution in [0.1, 0.15) is 17.4 Å². The van der Waals surface area contributed by atoms with Gasteiger partial charge in [0, 0.05) is 12.8 Å². The van der Waals surface area contributed by atoms with E-state index in [0.29, 0.717) is 11.2 Å². The molecule has 1 aromatic carbocycles. The molecule has 10 heteroatoms. The minimum Gasteiger partial charge on any atom is -0.459 e. The van der Waals surface area contributed by atoms with Crippen molar-refractivity contribution < 1.29 is 24.8 Å². The van der Waals surface area contributed by atoms with Crippen LogP contribution < -0.4 is 10.5 Å². The van der Waals surface area contributed by atoms with Crippen LogP contribution in [0.4, 0.5) is 5.82 Å². The van der Waals surface area contributed by atoms with E-state index in [1.165, 1.54) is 22.0 Å². The molecule has 1 saturated heterocycles. The number of nitrogen functional groups attached to an aromatic ring is 1. The van der Waals surface area contributed by atoms with E-state index in [4.69, 9.17) is 15.2 Å². The van der Waals surface area contributed by atoms with Crippen LogP contribution in [-0.2, 0) is 17.6 Å². The van der Waals surface area contributed by atoms with Crippen LogP contribution in [0.25, 0.3) is 11.2 Å². The number of nitrogens with two attached hydrogens (primary N) is 1. The van der Waals surface area contributed by atoms with Crippen molar-refractivity contribution in [3.63, 3.8) is 0 Å². The minimum atomic E-state index is -1.26. The third kappa shape index (κ3) is 3.01. The highest BCUT2D eigenvalue weighted by atomic mass is 16.6. The molecule has 0 saturated carbocycles. The van der Waals surface area contributed by atoms with E-state index < -0.39 is 31.1 Å². The maximum absolute atomic E-state index is 10.3. The van der Waals surface area contributed by atoms with Crippen molar-refractivity contribution in [2.24, 2.45) is 0 Å². The van der Waals surface area contributed by atoms with Gasteiger partial charge in [-0.1, -0.05) is 24.3 Å². The second kappa shape index (κ2) is 6.92. The molecule has 2 aliphatic rings. The molecule has 5 N–H and O–H groups in total. The van der Waals surface area contributed by atoms with E-state index in [-0.39, 0.29) is 17.9 Å². The molecule has 0 radical (unpaired) electrons. The second-order valence-corrected chi connectivity index (χ2v) is 7.36. The number of ether oxygens (including phenoxy) is 2. The molecule has 0 spiro atoms. The summed E-state index contributed by atoms with van der Waals surface area (Å²) in [4.78, 5) is 12.8. The molecule has 1 fully saturated rings. The van der Waals surface area contributed by atoms with Gasteiger partial charge in [-0.15, -0.1) is 0 Å². The van der Waals surface area contributed by atoms with Crippen molar-refractivity contribution >= 4 is 17.0 Å². The second-order valence-electron chi connectivity index (χ2n) is 7.36. The first-order valence-corrected chi connectivity index (χ1v) is 9.41. The zero-order chi connectivity index (χ0) is 20.1. The predicted octanol–water partition coefficient (Wildman–Crippen LogP) is -0.434. The maximum Gasteiger partial charge on any atom is 0.320 e. The largest absolute Gasteiger partial charge is 0.459 e. The summed E-state index contributed by atoms with van der Waals surface area (Å²) in [6.07, 6.45) is -1.54. The number of rotatable bonds is 4. The van der Waals surface area contributed by atoms with Gasteiger partial charge in [0.05, 0.1) is 12.9 Å². The van der Waals surface area contributed by atoms with Crippen LogP contribution in [0.3, 0.4) is 0 Å². The summed E-state index contributed by atoms with van der Waals surface area (Å²) in [5.41, 5.74) is 9.18. The van der Waals surface area contributed by atoms with Gasteiger partial charge in [0.25, 0.3) is 0 Å². The Hall–Kier alpha value is -2.79. The van der Waals surface area contributed by atoms with Gasteiger partial charge >= 0.3 is 6.01 Å². The number of fused-ring (bicyclic) bond motifs is 2. The lowest BCUT2D eigenvalue weighted by molar-refractivity contribution is -0.0511. The molecular formula is C19H21N5O5. The van der Waals surface area contributed by atoms with Crippen LogP contribution in [0.2, 0.25) is 0 Å². The van der Waals surface area contributed by atoms with Crippen LogP contribution in [0.5, 0.6) is 6.01 Å². The number of nitrogens with zero attached hydrogens (tertiary/aromatic N) is 4. The number of anilines is 1. The fourth-order valence-corrected chi connectivity index (χ4v) is 4.02. The monoisotopic (exact) mass is 399 g/mol. The molecule has 152 valence electrons. The summed E-state index contributed by atoms with van der Waals surface area (Å²) < 4.78 is 13.0. The molecule has 4 atom stereocenters. The van der Waals surface area contributed by atoms with Gasteiger partial charge in [-0.3, -0.25) is 4.57 Å². The van der Waals surface area contributed by atoms with Gasteiger partial charge in [-0.25, -0.2) is 4.98 Å². The molecule has 10 nitrogen and oxygen atoms in total. The Balaban J connectivity index is 1.44. The average molecular weight is 399 g/mol. The van der Waals surface area contributed by atoms with Gasteiger partial charge in [-0.2, -0.15) is 9.97 Å². The Labute approximate surface area is 165 Å². The van der Waals surface area contributed by atoms with Crippen molar-refractivity contribution in [3.05, 3.63) is 41.7 Å². The summed E-state index contributed by atoms with van der Waals surface area (Å²) in [5, 5.41) is 29.7. The first kappa shape index (κ1) is 18.3. The normalized spacial score (nSPS) is 26.9. The first-order chi connectivity index (χ1) is 14.0. The third-order valence-electron chi connectivity index (χ3n) is 5.50. The smallest absolute Gasteiger partial charge is 0.320 e. The topological polar surface area (TPSA) is 149 Å². The first-order valence-electron chi connectivity index (χ1n) is 9.41. The SMILES string of the molecule is Nc1nc(OC2Cc3ccccc3C2)nc2c1ncn2[C@@H]1O[C@H](CO)C(O)C1O. The fourth-order valence-electron chi connectivity index (χ4n) is 4.02. The lowest BCUT2D eigenvalue weighted by Crippen LogP contribution is -2.33. The summed E-state index contributed by atoms with van der Waals surface area (Å²) in [5.74, 6) is 0.144. The number of aliphatic hydroxyl groups is 3. The zero-order valence-electron chi connectivity index (χ0n) is 15.4. The van der Waals surface area contributed by atoms with E-state index >= 15 is 0 Å². The van der Waals surface area contributed by atoms with E-state index in [2.05, 4.69) is 27.1 Å². The number of aliphatic hydroxyl groups excluding tert-OH is 3. The highest BCUT2D eigenvalue weighted by Crippen LogP contribution is 2.33. The van der Waals surface area contributed by atoms with E-state index in [0.717, 1.165) is 12.8 Å². The fraction of sp³-hybridized carbons (Fsp3) is 0.421. The standard InChI is InChI=1S/C19H21N5O5/c20-16-13-17(24(8-21-13)18-15(27)14(26)12(7-25)29-18)23-19(22-16)28-11-5-9-3-1-2-4-10(9)6-11/h1-4,8,11-12,14-15,18,25-27H,5-7H2,(H2,20,22,23)/t12-,14?,15?,18-/m1/s1. The van der Waals surface area contributed by atoms with Crippen molar-refractivity contribution in [3.8, 4) is 6.01 Å². The molecule has 2 unspecified atom stereocenters. The molecule has 3 aromatic rings. The quantitative estimate of drug-likeness (QED) is 0.458. The maximum atomic E-state index is 10.3. The molecule has 3 heterocycles. The van der Waals surface area contributed by atoms with Gasteiger partial charge in [0.15, 0.2) is 23.2 Å². The molecular weight excluding hydrogens is 378 g/mol. The lowest BCUT2D eigenvalue weighted by Gasteiger charge is -2.17. The summed E-state index contributed by atoms with van der Waals surface area (Å²) in [6, 6.07) is 8.27.